The Bertz CT molecular complexity index is 704. The van der Waals surface area contributed by atoms with E-state index in [1.807, 2.05) is 18.2 Å². The molecule has 3 amide bonds. The van der Waals surface area contributed by atoms with Crippen LogP contribution in [0.3, 0.4) is 0 Å². The number of benzene rings is 2. The van der Waals surface area contributed by atoms with E-state index in [0.717, 1.165) is 0 Å². The van der Waals surface area contributed by atoms with Crippen LogP contribution in [0.2, 0.25) is 5.02 Å². The molecule has 0 aromatic heterocycles. The van der Waals surface area contributed by atoms with Crippen LogP contribution in [-0.2, 0) is 4.79 Å². The molecule has 5 nitrogen and oxygen atoms in total. The second-order valence-electron chi connectivity index (χ2n) is 5.05. The van der Waals surface area contributed by atoms with Crippen molar-refractivity contribution in [2.75, 3.05) is 24.6 Å². The Morgan fingerprint density at radius 2 is 1.70 bits per heavy atom. The third-order valence-corrected chi connectivity index (χ3v) is 3.77. The Labute approximate surface area is 139 Å². The van der Waals surface area contributed by atoms with E-state index in [-0.39, 0.29) is 31.6 Å². The monoisotopic (exact) mass is 330 g/mol. The Balaban J connectivity index is 1.59. The van der Waals surface area contributed by atoms with E-state index < -0.39 is 0 Å². The highest BCUT2D eigenvalue weighted by Gasteiger charge is 2.36. The predicted molar refractivity (Wildman–Crippen MR) is 87.8 cm³/mol. The molecule has 2 aromatic rings. The smallest absolute Gasteiger partial charge is 0.331 e. The lowest BCUT2D eigenvalue weighted by molar-refractivity contribution is -0.125. The summed E-state index contributed by atoms with van der Waals surface area (Å²) in [6, 6.07) is 15.7. The van der Waals surface area contributed by atoms with Gasteiger partial charge in [-0.15, -0.1) is 0 Å². The third kappa shape index (κ3) is 3.46. The lowest BCUT2D eigenvalue weighted by Crippen LogP contribution is -2.36. The van der Waals surface area contributed by atoms with Gasteiger partial charge in [-0.3, -0.25) is 14.6 Å². The molecule has 0 saturated carbocycles. The maximum Gasteiger partial charge on any atom is 0.331 e. The van der Waals surface area contributed by atoms with Crippen LogP contribution in [0.15, 0.2) is 54.6 Å². The van der Waals surface area contributed by atoms with E-state index in [9.17, 15) is 9.59 Å². The zero-order chi connectivity index (χ0) is 16.2. The molecule has 6 heteroatoms. The van der Waals surface area contributed by atoms with Gasteiger partial charge < -0.3 is 4.74 Å². The van der Waals surface area contributed by atoms with Gasteiger partial charge in [0.15, 0.2) is 0 Å². The molecule has 0 atom stereocenters. The summed E-state index contributed by atoms with van der Waals surface area (Å²) in [6.45, 7) is 0.509. The molecular formula is C17H15ClN2O3. The average molecular weight is 331 g/mol. The molecule has 0 radical (unpaired) electrons. The number of halogens is 1. The van der Waals surface area contributed by atoms with Crippen molar-refractivity contribution >= 4 is 29.2 Å². The molecule has 1 heterocycles. The number of urea groups is 1. The number of imide groups is 1. The lowest BCUT2D eigenvalue weighted by atomic mass is 10.3. The second kappa shape index (κ2) is 6.71. The van der Waals surface area contributed by atoms with E-state index in [4.69, 9.17) is 16.3 Å². The number of carbonyl (C=O) groups excluding carboxylic acids is 2. The maximum atomic E-state index is 12.4. The minimum Gasteiger partial charge on any atom is -0.492 e. The van der Waals surface area contributed by atoms with E-state index in [2.05, 4.69) is 0 Å². The maximum absolute atomic E-state index is 12.4. The van der Waals surface area contributed by atoms with Crippen molar-refractivity contribution in [3.8, 4) is 5.75 Å². The second-order valence-corrected chi connectivity index (χ2v) is 5.49. The van der Waals surface area contributed by atoms with Crippen LogP contribution in [-0.4, -0.2) is 36.5 Å². The Hall–Kier alpha value is -2.53. The van der Waals surface area contributed by atoms with Gasteiger partial charge in [0.25, 0.3) is 5.91 Å². The molecule has 23 heavy (non-hydrogen) atoms. The fraction of sp³-hybridized carbons (Fsp3) is 0.176. The van der Waals surface area contributed by atoms with Gasteiger partial charge in [0.05, 0.1) is 6.54 Å². The number of amides is 3. The van der Waals surface area contributed by atoms with Crippen molar-refractivity contribution in [1.29, 1.82) is 0 Å². The minimum absolute atomic E-state index is 0.0593. The molecular weight excluding hydrogens is 316 g/mol. The first-order valence-corrected chi connectivity index (χ1v) is 7.58. The molecule has 1 aliphatic heterocycles. The summed E-state index contributed by atoms with van der Waals surface area (Å²) in [5.74, 6) is 0.423. The van der Waals surface area contributed by atoms with Crippen molar-refractivity contribution in [1.82, 2.24) is 4.90 Å². The van der Waals surface area contributed by atoms with Crippen LogP contribution in [0.25, 0.3) is 0 Å². The summed E-state index contributed by atoms with van der Waals surface area (Å²) < 4.78 is 5.54. The number of anilines is 1. The molecule has 0 bridgehead atoms. The summed E-state index contributed by atoms with van der Waals surface area (Å²) in [7, 11) is 0. The first-order chi connectivity index (χ1) is 11.1. The number of ether oxygens (including phenoxy) is 1. The number of rotatable bonds is 5. The SMILES string of the molecule is O=C1CN(c2ccccc2)C(=O)N1CCOc1ccc(Cl)cc1. The Morgan fingerprint density at radius 3 is 2.39 bits per heavy atom. The normalized spacial score (nSPS) is 14.5. The first kappa shape index (κ1) is 15.4. The van der Waals surface area contributed by atoms with Crippen LogP contribution >= 0.6 is 11.6 Å². The summed E-state index contributed by atoms with van der Waals surface area (Å²) in [6.07, 6.45) is 0. The standard InChI is InChI=1S/C17H15ClN2O3/c18-13-6-8-15(9-7-13)23-11-10-19-16(21)12-20(17(19)22)14-4-2-1-3-5-14/h1-9H,10-12H2. The molecule has 0 aliphatic carbocycles. The van der Waals surface area contributed by atoms with Crippen LogP contribution in [0, 0.1) is 0 Å². The van der Waals surface area contributed by atoms with Gasteiger partial charge >= 0.3 is 6.03 Å². The van der Waals surface area contributed by atoms with Gasteiger partial charge in [-0.1, -0.05) is 29.8 Å². The Morgan fingerprint density at radius 1 is 1.00 bits per heavy atom. The van der Waals surface area contributed by atoms with Crippen LogP contribution in [0.1, 0.15) is 0 Å². The van der Waals surface area contributed by atoms with Crippen molar-refractivity contribution in [3.05, 3.63) is 59.6 Å². The molecule has 3 rings (SSSR count). The zero-order valence-electron chi connectivity index (χ0n) is 12.3. The number of carbonyl (C=O) groups is 2. The lowest BCUT2D eigenvalue weighted by Gasteiger charge is -2.17. The molecule has 1 fully saturated rings. The molecule has 118 valence electrons. The van der Waals surface area contributed by atoms with Crippen LogP contribution in [0.4, 0.5) is 10.5 Å². The van der Waals surface area contributed by atoms with Gasteiger partial charge in [0, 0.05) is 10.7 Å². The van der Waals surface area contributed by atoms with Crippen LogP contribution in [0.5, 0.6) is 5.75 Å². The van der Waals surface area contributed by atoms with Gasteiger partial charge in [-0.05, 0) is 36.4 Å². The fourth-order valence-corrected chi connectivity index (χ4v) is 2.48. The Kier molecular flexibility index (Phi) is 4.48. The fourth-order valence-electron chi connectivity index (χ4n) is 2.36. The van der Waals surface area contributed by atoms with Crippen molar-refractivity contribution < 1.29 is 14.3 Å². The highest BCUT2D eigenvalue weighted by Crippen LogP contribution is 2.20. The number of hydrogen-bond donors (Lipinski definition) is 0. The number of hydrogen-bond acceptors (Lipinski definition) is 3. The number of para-hydroxylation sites is 1. The van der Waals surface area contributed by atoms with Crippen LogP contribution < -0.4 is 9.64 Å². The molecule has 0 unspecified atom stereocenters. The van der Waals surface area contributed by atoms with E-state index in [1.165, 1.54) is 9.80 Å². The average Bonchev–Trinajstić information content (AvgIpc) is 2.85. The van der Waals surface area contributed by atoms with Crippen molar-refractivity contribution in [3.63, 3.8) is 0 Å². The van der Waals surface area contributed by atoms with E-state index in [1.54, 1.807) is 36.4 Å². The highest BCUT2D eigenvalue weighted by atomic mass is 35.5. The van der Waals surface area contributed by atoms with Gasteiger partial charge in [-0.25, -0.2) is 4.79 Å². The molecule has 2 aromatic carbocycles. The highest BCUT2D eigenvalue weighted by molar-refractivity contribution is 6.30. The summed E-state index contributed by atoms with van der Waals surface area (Å²) >= 11 is 5.80. The molecule has 0 spiro atoms. The quantitative estimate of drug-likeness (QED) is 0.791. The topological polar surface area (TPSA) is 49.9 Å². The van der Waals surface area contributed by atoms with Gasteiger partial charge in [0.1, 0.15) is 18.9 Å². The summed E-state index contributed by atoms with van der Waals surface area (Å²) in [5.41, 5.74) is 0.715. The third-order valence-electron chi connectivity index (χ3n) is 3.52. The molecule has 0 N–H and O–H groups in total. The predicted octanol–water partition coefficient (Wildman–Crippen LogP) is 3.19. The molecule has 1 saturated heterocycles. The van der Waals surface area contributed by atoms with E-state index in [0.29, 0.717) is 16.5 Å². The molecule has 1 aliphatic rings. The largest absolute Gasteiger partial charge is 0.492 e. The van der Waals surface area contributed by atoms with Crippen molar-refractivity contribution in [2.45, 2.75) is 0 Å². The van der Waals surface area contributed by atoms with Gasteiger partial charge in [0.2, 0.25) is 0 Å². The van der Waals surface area contributed by atoms with Gasteiger partial charge in [-0.2, -0.15) is 0 Å². The summed E-state index contributed by atoms with van der Waals surface area (Å²) in [4.78, 5) is 27.1. The number of nitrogens with zero attached hydrogens (tertiary/aromatic N) is 2. The van der Waals surface area contributed by atoms with E-state index >= 15 is 0 Å². The summed E-state index contributed by atoms with van der Waals surface area (Å²) in [5, 5.41) is 0.626. The zero-order valence-corrected chi connectivity index (χ0v) is 13.1. The minimum atomic E-state index is -0.319. The first-order valence-electron chi connectivity index (χ1n) is 7.20. The van der Waals surface area contributed by atoms with Crippen molar-refractivity contribution in [2.24, 2.45) is 0 Å².